The average Bonchev–Trinajstić information content (AvgIpc) is 3.37. The van der Waals surface area contributed by atoms with Crippen LogP contribution < -0.4 is 0 Å². The fourth-order valence-corrected chi connectivity index (χ4v) is 8.26. The van der Waals surface area contributed by atoms with E-state index in [-0.39, 0.29) is 58.5 Å². The van der Waals surface area contributed by atoms with E-state index >= 15 is 0 Å². The first-order valence-electron chi connectivity index (χ1n) is 18.0. The zero-order chi connectivity index (χ0) is 35.8. The Bertz CT molecular complexity index is 1060. The number of rotatable bonds is 18. The van der Waals surface area contributed by atoms with E-state index in [4.69, 9.17) is 27.8 Å². The van der Waals surface area contributed by atoms with Crippen molar-refractivity contribution >= 4 is 16.6 Å². The molecule has 0 bridgehead atoms. The number of hydrogen-bond acceptors (Lipinski definition) is 6. The highest BCUT2D eigenvalue weighted by atomic mass is 28.4. The zero-order valence-corrected chi connectivity index (χ0v) is 35.0. The Kier molecular flexibility index (Phi) is 16.1. The van der Waals surface area contributed by atoms with Gasteiger partial charge in [-0.3, -0.25) is 0 Å². The van der Waals surface area contributed by atoms with Gasteiger partial charge in [-0.1, -0.05) is 112 Å². The van der Waals surface area contributed by atoms with Crippen LogP contribution in [0.1, 0.15) is 87.6 Å². The molecule has 47 heavy (non-hydrogen) atoms. The second-order valence-electron chi connectivity index (χ2n) is 17.3. The molecule has 9 atom stereocenters. The van der Waals surface area contributed by atoms with E-state index in [1.54, 1.807) is 7.11 Å². The fourth-order valence-electron chi connectivity index (χ4n) is 5.71. The third-order valence-corrected chi connectivity index (χ3v) is 20.4. The van der Waals surface area contributed by atoms with Crippen LogP contribution in [0, 0.1) is 23.7 Å². The molecule has 0 saturated carbocycles. The van der Waals surface area contributed by atoms with E-state index < -0.39 is 16.6 Å². The second-order valence-corrected chi connectivity index (χ2v) is 26.9. The molecule has 1 aliphatic heterocycles. The lowest BCUT2D eigenvalue weighted by atomic mass is 9.87. The van der Waals surface area contributed by atoms with Gasteiger partial charge >= 0.3 is 0 Å². The molecule has 1 unspecified atom stereocenters. The molecule has 0 aliphatic carbocycles. The summed E-state index contributed by atoms with van der Waals surface area (Å²) in [6.45, 7) is 33.5. The Labute approximate surface area is 291 Å². The van der Waals surface area contributed by atoms with Crippen LogP contribution in [0.15, 0.2) is 42.5 Å². The summed E-state index contributed by atoms with van der Waals surface area (Å²) in [5.41, 5.74) is 1.16. The van der Waals surface area contributed by atoms with Gasteiger partial charge in [0.05, 0.1) is 31.0 Å². The van der Waals surface area contributed by atoms with E-state index in [2.05, 4.69) is 132 Å². The maximum atomic E-state index is 7.17. The summed E-state index contributed by atoms with van der Waals surface area (Å²) >= 11 is 0. The van der Waals surface area contributed by atoms with Crippen molar-refractivity contribution in [2.75, 3.05) is 20.8 Å². The lowest BCUT2D eigenvalue weighted by Gasteiger charge is -2.43. The van der Waals surface area contributed by atoms with Crippen LogP contribution in [0.3, 0.4) is 0 Å². The minimum absolute atomic E-state index is 0.0130. The molecule has 0 spiro atoms. The van der Waals surface area contributed by atoms with Crippen LogP contribution in [0.2, 0.25) is 36.3 Å². The second kappa shape index (κ2) is 17.9. The van der Waals surface area contributed by atoms with E-state index in [9.17, 15) is 0 Å². The van der Waals surface area contributed by atoms with Gasteiger partial charge in [0.2, 0.25) is 0 Å². The van der Waals surface area contributed by atoms with Crippen molar-refractivity contribution in [3.05, 3.63) is 48.0 Å². The van der Waals surface area contributed by atoms with Crippen LogP contribution in [0.4, 0.5) is 0 Å². The number of hydrogen-bond donors (Lipinski definition) is 0. The number of ether oxygens (including phenoxy) is 4. The van der Waals surface area contributed by atoms with Crippen LogP contribution in [0.5, 0.6) is 0 Å². The Balaban J connectivity index is 2.29. The Morgan fingerprint density at radius 3 is 1.98 bits per heavy atom. The third kappa shape index (κ3) is 12.5. The first-order valence-corrected chi connectivity index (χ1v) is 23.8. The van der Waals surface area contributed by atoms with Crippen molar-refractivity contribution in [2.45, 2.75) is 156 Å². The molecule has 0 amide bonds. The average molecular weight is 693 g/mol. The third-order valence-electron chi connectivity index (χ3n) is 11.4. The Morgan fingerprint density at radius 2 is 1.47 bits per heavy atom. The molecule has 1 saturated heterocycles. The summed E-state index contributed by atoms with van der Waals surface area (Å²) in [4.78, 5) is 0. The largest absolute Gasteiger partial charge is 0.416 e. The van der Waals surface area contributed by atoms with Gasteiger partial charge in [-0.05, 0) is 54.2 Å². The normalized spacial score (nSPS) is 23.9. The topological polar surface area (TPSA) is 55.4 Å². The van der Waals surface area contributed by atoms with Crippen molar-refractivity contribution in [2.24, 2.45) is 23.7 Å². The van der Waals surface area contributed by atoms with E-state index in [1.807, 2.05) is 13.2 Å². The van der Waals surface area contributed by atoms with Crippen LogP contribution in [-0.4, -0.2) is 68.2 Å². The van der Waals surface area contributed by atoms with Crippen molar-refractivity contribution in [1.29, 1.82) is 0 Å². The highest BCUT2D eigenvalue weighted by molar-refractivity contribution is 6.74. The highest BCUT2D eigenvalue weighted by Crippen LogP contribution is 2.41. The first kappa shape index (κ1) is 42.3. The van der Waals surface area contributed by atoms with Gasteiger partial charge in [0.1, 0.15) is 0 Å². The molecule has 1 fully saturated rings. The van der Waals surface area contributed by atoms with Gasteiger partial charge in [-0.2, -0.15) is 0 Å². The number of benzene rings is 1. The maximum Gasteiger partial charge on any atom is 0.192 e. The molecule has 1 heterocycles. The van der Waals surface area contributed by atoms with Gasteiger partial charge in [-0.15, -0.1) is 0 Å². The highest BCUT2D eigenvalue weighted by Gasteiger charge is 2.43. The maximum absolute atomic E-state index is 7.17. The molecule has 6 nitrogen and oxygen atoms in total. The van der Waals surface area contributed by atoms with E-state index in [0.717, 1.165) is 18.4 Å². The van der Waals surface area contributed by atoms with Gasteiger partial charge in [-0.25, -0.2) is 0 Å². The van der Waals surface area contributed by atoms with Crippen molar-refractivity contribution in [3.8, 4) is 0 Å². The van der Waals surface area contributed by atoms with Crippen molar-refractivity contribution in [3.63, 3.8) is 0 Å². The van der Waals surface area contributed by atoms with Gasteiger partial charge in [0.15, 0.2) is 22.9 Å². The minimum atomic E-state index is -2.04. The molecule has 1 aliphatic rings. The Morgan fingerprint density at radius 1 is 0.872 bits per heavy atom. The van der Waals surface area contributed by atoms with Crippen LogP contribution in [-0.2, 0) is 34.4 Å². The lowest BCUT2D eigenvalue weighted by molar-refractivity contribution is -0.138. The summed E-state index contributed by atoms with van der Waals surface area (Å²) < 4.78 is 38.6. The summed E-state index contributed by atoms with van der Waals surface area (Å²) in [5.74, 6) is 0.936. The molecule has 0 aromatic heterocycles. The van der Waals surface area contributed by atoms with Crippen molar-refractivity contribution < 1.29 is 27.8 Å². The quantitative estimate of drug-likeness (QED) is 0.113. The monoisotopic (exact) mass is 692 g/mol. The fraction of sp³-hybridized carbons (Fsp3) is 0.795. The molecule has 0 radical (unpaired) electrons. The minimum Gasteiger partial charge on any atom is -0.416 e. The molecule has 272 valence electrons. The smallest absolute Gasteiger partial charge is 0.192 e. The van der Waals surface area contributed by atoms with Gasteiger partial charge < -0.3 is 27.8 Å². The predicted molar refractivity (Wildman–Crippen MR) is 202 cm³/mol. The summed E-state index contributed by atoms with van der Waals surface area (Å²) in [6, 6.07) is 10.4. The zero-order valence-electron chi connectivity index (χ0n) is 33.0. The Hall–Kier alpha value is -0.846. The van der Waals surface area contributed by atoms with Crippen LogP contribution in [0.25, 0.3) is 0 Å². The van der Waals surface area contributed by atoms with E-state index in [1.165, 1.54) is 0 Å². The molecule has 1 aromatic carbocycles. The molecular formula is C39H72O6Si2. The molecule has 0 N–H and O–H groups in total. The molecule has 1 aromatic rings. The molecule has 8 heteroatoms. The van der Waals surface area contributed by atoms with E-state index in [0.29, 0.717) is 19.1 Å². The molecule has 2 rings (SSSR count). The first-order chi connectivity index (χ1) is 21.6. The van der Waals surface area contributed by atoms with Gasteiger partial charge in [0, 0.05) is 45.0 Å². The van der Waals surface area contributed by atoms with Gasteiger partial charge in [0.25, 0.3) is 0 Å². The number of methoxy groups -OCH3 is 2. The lowest BCUT2D eigenvalue weighted by Crippen LogP contribution is -2.48. The predicted octanol–water partition coefficient (Wildman–Crippen LogP) is 10.3. The standard InChI is InChI=1S/C39H72O6Si2/c1-28(22-23-33(42-27-32-20-18-17-19-21-32)31(4)37-29(2)24-36(41-12)44-37)34(40-11)25-35(45-47(15,16)39(8,9)10)30(3)26-43-46(13,14)38(5,6)7/h17-23,28-31,33-37H,24-27H2,1-16H3/t28-,29+,30+,31-,33+,34-,35-,36?,37+/m0/s1. The molecular weight excluding hydrogens is 621 g/mol. The van der Waals surface area contributed by atoms with Crippen molar-refractivity contribution in [1.82, 2.24) is 0 Å². The van der Waals surface area contributed by atoms with Crippen LogP contribution >= 0.6 is 0 Å². The summed E-state index contributed by atoms with van der Waals surface area (Å²) in [6.07, 6.45) is 6.04. The summed E-state index contributed by atoms with van der Waals surface area (Å²) in [7, 11) is -0.375. The SMILES string of the molecule is COC1C[C@@H](C)[C@H]([C@@H](C)[C@@H](C=C[C@H](C)[C@H](C[C@H](O[Si](C)(C)C(C)(C)C)[C@H](C)CO[Si](C)(C)C(C)(C)C)OC)OCc2ccccc2)O1. The summed E-state index contributed by atoms with van der Waals surface area (Å²) in [5, 5.41) is 0.277.